The van der Waals surface area contributed by atoms with Crippen LogP contribution in [0.3, 0.4) is 0 Å². The van der Waals surface area contributed by atoms with Gasteiger partial charge >= 0.3 is 6.18 Å². The zero-order valence-electron chi connectivity index (χ0n) is 21.9. The number of rotatable bonds is 9. The van der Waals surface area contributed by atoms with Crippen LogP contribution in [-0.4, -0.2) is 37.4 Å². The first-order valence-electron chi connectivity index (χ1n) is 12.6. The molecule has 1 aliphatic carbocycles. The number of halogens is 4. The Balaban J connectivity index is 1.47. The second kappa shape index (κ2) is 10.6. The van der Waals surface area contributed by atoms with Gasteiger partial charge in [-0.15, -0.1) is 0 Å². The molecule has 1 aliphatic rings. The number of benzene rings is 2. The van der Waals surface area contributed by atoms with Crippen molar-refractivity contribution in [3.8, 4) is 5.69 Å². The quantitative estimate of drug-likeness (QED) is 0.175. The molecule has 5 rings (SSSR count). The molecule has 0 amide bonds. The summed E-state index contributed by atoms with van der Waals surface area (Å²) in [5.41, 5.74) is 1.78. The highest BCUT2D eigenvalue weighted by atomic mass is 19.4. The molecule has 1 fully saturated rings. The maximum Gasteiger partial charge on any atom is 0.411 e. The van der Waals surface area contributed by atoms with E-state index < -0.39 is 17.5 Å². The fourth-order valence-corrected chi connectivity index (χ4v) is 4.27. The highest BCUT2D eigenvalue weighted by Crippen LogP contribution is 2.52. The van der Waals surface area contributed by atoms with Crippen LogP contribution in [0, 0.1) is 19.7 Å². The van der Waals surface area contributed by atoms with E-state index in [4.69, 9.17) is 0 Å². The van der Waals surface area contributed by atoms with Crippen molar-refractivity contribution >= 4 is 29.7 Å². The van der Waals surface area contributed by atoms with Gasteiger partial charge in [0, 0.05) is 30.8 Å². The Bertz CT molecular complexity index is 1570. The van der Waals surface area contributed by atoms with Crippen LogP contribution >= 0.6 is 0 Å². The molecule has 7 nitrogen and oxygen atoms in total. The van der Waals surface area contributed by atoms with E-state index in [9.17, 15) is 17.6 Å². The molecule has 0 spiro atoms. The van der Waals surface area contributed by atoms with Gasteiger partial charge in [0.1, 0.15) is 22.9 Å². The largest absolute Gasteiger partial charge is 0.411 e. The fraction of sp³-hybridized carbons (Fsp3) is 0.241. The monoisotopic (exact) mass is 549 g/mol. The number of hydrogen-bond donors (Lipinski definition) is 2. The molecule has 0 aliphatic heterocycles. The lowest BCUT2D eigenvalue weighted by Crippen LogP contribution is -2.39. The van der Waals surface area contributed by atoms with E-state index >= 15 is 0 Å². The minimum absolute atomic E-state index is 0.0702. The predicted octanol–water partition coefficient (Wildman–Crippen LogP) is 6.93. The van der Waals surface area contributed by atoms with Crippen LogP contribution in [0.1, 0.15) is 41.1 Å². The molecule has 11 heteroatoms. The van der Waals surface area contributed by atoms with Crippen molar-refractivity contribution in [3.63, 3.8) is 0 Å². The zero-order chi connectivity index (χ0) is 28.5. The SMILES string of the molecule is C=Cc1nc(NCc2ccc(C)c(-n3ccnc3C)c2)nc(NC2(C(F)(F)F)CC2)c1N=Cc1ccc(F)cc1. The summed E-state index contributed by atoms with van der Waals surface area (Å²) >= 11 is 0. The lowest BCUT2D eigenvalue weighted by atomic mass is 10.1. The number of hydrogen-bond acceptors (Lipinski definition) is 6. The summed E-state index contributed by atoms with van der Waals surface area (Å²) in [5.74, 6) is 0.487. The lowest BCUT2D eigenvalue weighted by molar-refractivity contribution is -0.151. The molecule has 1 saturated carbocycles. The van der Waals surface area contributed by atoms with Crippen molar-refractivity contribution in [2.75, 3.05) is 10.6 Å². The van der Waals surface area contributed by atoms with Gasteiger partial charge in [0.05, 0.1) is 5.69 Å². The maximum atomic E-state index is 13.8. The Morgan fingerprint density at radius 3 is 2.48 bits per heavy atom. The van der Waals surface area contributed by atoms with Gasteiger partial charge in [-0.1, -0.05) is 30.8 Å². The average molecular weight is 550 g/mol. The molecule has 40 heavy (non-hydrogen) atoms. The first kappa shape index (κ1) is 27.0. The molecule has 0 bridgehead atoms. The van der Waals surface area contributed by atoms with Crippen LogP contribution in [-0.2, 0) is 6.54 Å². The normalized spacial score (nSPS) is 14.3. The van der Waals surface area contributed by atoms with E-state index in [-0.39, 0.29) is 36.0 Å². The van der Waals surface area contributed by atoms with E-state index in [1.807, 2.05) is 42.8 Å². The van der Waals surface area contributed by atoms with E-state index in [1.165, 1.54) is 36.6 Å². The first-order valence-corrected chi connectivity index (χ1v) is 12.6. The van der Waals surface area contributed by atoms with Crippen LogP contribution in [0.2, 0.25) is 0 Å². The minimum atomic E-state index is -4.47. The Morgan fingerprint density at radius 1 is 1.10 bits per heavy atom. The van der Waals surface area contributed by atoms with Crippen molar-refractivity contribution in [2.24, 2.45) is 4.99 Å². The second-order valence-corrected chi connectivity index (χ2v) is 9.67. The van der Waals surface area contributed by atoms with E-state index in [0.29, 0.717) is 12.1 Å². The van der Waals surface area contributed by atoms with Gasteiger partial charge in [-0.2, -0.15) is 18.2 Å². The van der Waals surface area contributed by atoms with Gasteiger partial charge in [-0.05, 0) is 67.7 Å². The minimum Gasteiger partial charge on any atom is -0.354 e. The van der Waals surface area contributed by atoms with Gasteiger partial charge < -0.3 is 15.2 Å². The van der Waals surface area contributed by atoms with E-state index in [2.05, 4.69) is 37.2 Å². The smallest absolute Gasteiger partial charge is 0.354 e. The summed E-state index contributed by atoms with van der Waals surface area (Å²) in [6.07, 6.45) is 1.82. The van der Waals surface area contributed by atoms with Crippen molar-refractivity contribution in [2.45, 2.75) is 44.9 Å². The summed E-state index contributed by atoms with van der Waals surface area (Å²) in [6, 6.07) is 11.5. The Kier molecular flexibility index (Phi) is 7.14. The highest BCUT2D eigenvalue weighted by Gasteiger charge is 2.64. The maximum absolute atomic E-state index is 13.8. The van der Waals surface area contributed by atoms with Crippen LogP contribution in [0.15, 0.2) is 66.4 Å². The number of nitrogens with zero attached hydrogens (tertiary/aromatic N) is 5. The van der Waals surface area contributed by atoms with Gasteiger partial charge in [0.15, 0.2) is 5.82 Å². The molecular formula is C29H27F4N7. The predicted molar refractivity (Wildman–Crippen MR) is 148 cm³/mol. The number of aryl methyl sites for hydroxylation is 2. The number of nitrogens with one attached hydrogen (secondary N) is 2. The number of aliphatic imine (C=N–C) groups is 1. The molecule has 2 aromatic heterocycles. The number of imidazole rings is 1. The van der Waals surface area contributed by atoms with Crippen LogP contribution in [0.4, 0.5) is 35.0 Å². The van der Waals surface area contributed by atoms with Gasteiger partial charge in [-0.3, -0.25) is 4.99 Å². The summed E-state index contributed by atoms with van der Waals surface area (Å²) in [7, 11) is 0. The molecular weight excluding hydrogens is 522 g/mol. The molecule has 0 unspecified atom stereocenters. The van der Waals surface area contributed by atoms with Gasteiger partial charge in [0.25, 0.3) is 0 Å². The van der Waals surface area contributed by atoms with E-state index in [1.54, 1.807) is 6.20 Å². The summed E-state index contributed by atoms with van der Waals surface area (Å²) in [6.45, 7) is 8.01. The number of alkyl halides is 3. The van der Waals surface area contributed by atoms with E-state index in [0.717, 1.165) is 22.6 Å². The van der Waals surface area contributed by atoms with Crippen molar-refractivity contribution in [3.05, 3.63) is 95.5 Å². The summed E-state index contributed by atoms with van der Waals surface area (Å²) in [4.78, 5) is 17.5. The lowest BCUT2D eigenvalue weighted by Gasteiger charge is -2.23. The molecule has 2 N–H and O–H groups in total. The third-order valence-electron chi connectivity index (χ3n) is 6.78. The van der Waals surface area contributed by atoms with Crippen LogP contribution in [0.5, 0.6) is 0 Å². The molecule has 2 heterocycles. The Labute approximate surface area is 228 Å². The van der Waals surface area contributed by atoms with Gasteiger partial charge in [0.2, 0.25) is 5.95 Å². The van der Waals surface area contributed by atoms with Crippen molar-refractivity contribution in [1.29, 1.82) is 0 Å². The zero-order valence-corrected chi connectivity index (χ0v) is 21.9. The number of anilines is 2. The number of aromatic nitrogens is 4. The van der Waals surface area contributed by atoms with Crippen molar-refractivity contribution in [1.82, 2.24) is 19.5 Å². The first-order chi connectivity index (χ1) is 19.1. The van der Waals surface area contributed by atoms with Crippen LogP contribution < -0.4 is 10.6 Å². The molecule has 0 saturated heterocycles. The summed E-state index contributed by atoms with van der Waals surface area (Å²) in [5, 5.41) is 5.72. The average Bonchev–Trinajstić information content (AvgIpc) is 3.60. The van der Waals surface area contributed by atoms with Crippen molar-refractivity contribution < 1.29 is 17.6 Å². The molecule has 0 atom stereocenters. The molecule has 0 radical (unpaired) electrons. The second-order valence-electron chi connectivity index (χ2n) is 9.67. The highest BCUT2D eigenvalue weighted by molar-refractivity contribution is 5.86. The van der Waals surface area contributed by atoms with Crippen LogP contribution in [0.25, 0.3) is 11.8 Å². The molecule has 2 aromatic carbocycles. The standard InChI is InChI=1S/C29H27F4N7/c1-4-23-25(35-16-20-7-9-22(30)10-8-20)26(39-28(11-12-28)29(31,32)33)38-27(37-23)36-17-21-6-5-18(2)24(15-21)40-14-13-34-19(40)3/h4-10,13-16H,1,11-12,17H2,2-3H3,(H2,36,37,38,39). The summed E-state index contributed by atoms with van der Waals surface area (Å²) < 4.78 is 56.8. The molecule has 4 aromatic rings. The Morgan fingerprint density at radius 2 is 1.85 bits per heavy atom. The fourth-order valence-electron chi connectivity index (χ4n) is 4.27. The molecule has 206 valence electrons. The Hall–Kier alpha value is -4.54. The topological polar surface area (TPSA) is 80.0 Å². The third kappa shape index (κ3) is 5.58. The third-order valence-corrected chi connectivity index (χ3v) is 6.78. The van der Waals surface area contributed by atoms with Gasteiger partial charge in [-0.25, -0.2) is 14.4 Å².